The zero-order valence-electron chi connectivity index (χ0n) is 15.2. The van der Waals surface area contributed by atoms with Crippen LogP contribution in [0.2, 0.25) is 18.1 Å². The van der Waals surface area contributed by atoms with Crippen molar-refractivity contribution in [1.29, 1.82) is 0 Å². The van der Waals surface area contributed by atoms with Crippen LogP contribution in [0.3, 0.4) is 0 Å². The summed E-state index contributed by atoms with van der Waals surface area (Å²) in [6.45, 7) is 12.2. The maximum Gasteiger partial charge on any atom is 0.192 e. The molecular formula is C21H26OSSi. The van der Waals surface area contributed by atoms with Gasteiger partial charge in [0.05, 0.1) is 6.61 Å². The summed E-state index contributed by atoms with van der Waals surface area (Å²) < 4.78 is 7.89. The van der Waals surface area contributed by atoms with E-state index in [1.165, 1.54) is 26.1 Å². The van der Waals surface area contributed by atoms with Crippen LogP contribution in [0.4, 0.5) is 0 Å². The van der Waals surface area contributed by atoms with E-state index in [0.717, 1.165) is 0 Å². The van der Waals surface area contributed by atoms with Gasteiger partial charge in [0.2, 0.25) is 0 Å². The first-order valence-electron chi connectivity index (χ1n) is 8.49. The van der Waals surface area contributed by atoms with Crippen molar-refractivity contribution in [3.8, 4) is 10.4 Å². The van der Waals surface area contributed by atoms with E-state index in [1.807, 2.05) is 11.3 Å². The van der Waals surface area contributed by atoms with Gasteiger partial charge in [-0.3, -0.25) is 0 Å². The molecule has 0 aliphatic carbocycles. The van der Waals surface area contributed by atoms with Crippen LogP contribution in [0, 0.1) is 0 Å². The van der Waals surface area contributed by atoms with Gasteiger partial charge in [-0.1, -0.05) is 69.3 Å². The van der Waals surface area contributed by atoms with Crippen LogP contribution in [-0.2, 0) is 11.0 Å². The van der Waals surface area contributed by atoms with Crippen molar-refractivity contribution < 1.29 is 4.43 Å². The van der Waals surface area contributed by atoms with E-state index < -0.39 is 8.32 Å². The molecule has 24 heavy (non-hydrogen) atoms. The Labute approximate surface area is 150 Å². The minimum Gasteiger partial charge on any atom is -0.412 e. The summed E-state index contributed by atoms with van der Waals surface area (Å²) >= 11 is 1.87. The van der Waals surface area contributed by atoms with Crippen LogP contribution in [0.25, 0.3) is 20.5 Å². The van der Waals surface area contributed by atoms with E-state index in [0.29, 0.717) is 6.61 Å². The molecule has 0 N–H and O–H groups in total. The normalized spacial score (nSPS) is 12.7. The quantitative estimate of drug-likeness (QED) is 0.454. The molecule has 0 spiro atoms. The molecule has 3 aromatic rings. The molecule has 126 valence electrons. The second-order valence-corrected chi connectivity index (χ2v) is 13.7. The second-order valence-electron chi connectivity index (χ2n) is 7.82. The van der Waals surface area contributed by atoms with Crippen LogP contribution in [0.1, 0.15) is 26.3 Å². The Morgan fingerprint density at radius 3 is 2.21 bits per heavy atom. The Balaban J connectivity index is 2.03. The molecule has 0 saturated heterocycles. The van der Waals surface area contributed by atoms with E-state index in [9.17, 15) is 0 Å². The van der Waals surface area contributed by atoms with E-state index in [4.69, 9.17) is 4.43 Å². The average Bonchev–Trinajstić information content (AvgIpc) is 2.91. The van der Waals surface area contributed by atoms with Crippen LogP contribution in [-0.4, -0.2) is 8.32 Å². The van der Waals surface area contributed by atoms with Crippen molar-refractivity contribution in [2.24, 2.45) is 0 Å². The highest BCUT2D eigenvalue weighted by Gasteiger charge is 2.37. The largest absolute Gasteiger partial charge is 0.412 e. The number of hydrogen-bond donors (Lipinski definition) is 0. The summed E-state index contributed by atoms with van der Waals surface area (Å²) in [5.74, 6) is 0. The first kappa shape index (κ1) is 17.4. The van der Waals surface area contributed by atoms with Gasteiger partial charge in [0.15, 0.2) is 8.32 Å². The van der Waals surface area contributed by atoms with Crippen LogP contribution in [0.15, 0.2) is 54.6 Å². The first-order valence-corrected chi connectivity index (χ1v) is 12.2. The summed E-state index contributed by atoms with van der Waals surface area (Å²) in [6, 6.07) is 19.4. The minimum absolute atomic E-state index is 0.228. The molecule has 0 saturated carbocycles. The van der Waals surface area contributed by atoms with Crippen molar-refractivity contribution in [1.82, 2.24) is 0 Å². The smallest absolute Gasteiger partial charge is 0.192 e. The molecule has 0 bridgehead atoms. The van der Waals surface area contributed by atoms with Crippen LogP contribution < -0.4 is 0 Å². The molecular weight excluding hydrogens is 328 g/mol. The molecule has 3 rings (SSSR count). The van der Waals surface area contributed by atoms with E-state index in [2.05, 4.69) is 88.5 Å². The highest BCUT2D eigenvalue weighted by atomic mass is 32.1. The van der Waals surface area contributed by atoms with Gasteiger partial charge in [-0.05, 0) is 35.1 Å². The van der Waals surface area contributed by atoms with Gasteiger partial charge >= 0.3 is 0 Å². The molecule has 1 nitrogen and oxygen atoms in total. The zero-order chi connectivity index (χ0) is 17.4. The Kier molecular flexibility index (Phi) is 4.69. The molecule has 2 aromatic carbocycles. The molecule has 3 heteroatoms. The van der Waals surface area contributed by atoms with Crippen molar-refractivity contribution in [3.63, 3.8) is 0 Å². The third kappa shape index (κ3) is 3.34. The molecule has 0 atom stereocenters. The van der Waals surface area contributed by atoms with Gasteiger partial charge in [-0.2, -0.15) is 0 Å². The number of hydrogen-bond acceptors (Lipinski definition) is 2. The average molecular weight is 355 g/mol. The van der Waals surface area contributed by atoms with Crippen LogP contribution >= 0.6 is 11.3 Å². The number of fused-ring (bicyclic) bond motifs is 1. The van der Waals surface area contributed by atoms with Crippen LogP contribution in [0.5, 0.6) is 0 Å². The predicted molar refractivity (Wildman–Crippen MR) is 109 cm³/mol. The second kappa shape index (κ2) is 6.47. The lowest BCUT2D eigenvalue weighted by atomic mass is 10.1. The lowest BCUT2D eigenvalue weighted by Crippen LogP contribution is -2.40. The van der Waals surface area contributed by atoms with E-state index >= 15 is 0 Å². The van der Waals surface area contributed by atoms with Gasteiger partial charge in [0.1, 0.15) is 0 Å². The maximum atomic E-state index is 6.55. The fourth-order valence-electron chi connectivity index (χ4n) is 2.53. The molecule has 0 unspecified atom stereocenters. The summed E-state index contributed by atoms with van der Waals surface area (Å²) in [5, 5.41) is 1.56. The minimum atomic E-state index is -1.77. The van der Waals surface area contributed by atoms with Crippen molar-refractivity contribution in [2.75, 3.05) is 0 Å². The Morgan fingerprint density at radius 1 is 0.917 bits per heavy atom. The summed E-state index contributed by atoms with van der Waals surface area (Å²) in [7, 11) is -1.77. The van der Waals surface area contributed by atoms with Crippen molar-refractivity contribution in [3.05, 3.63) is 60.2 Å². The number of thiophene rings is 1. The SMILES string of the molecule is CC(C)(C)[Si](C)(C)OCc1c(-c2ccccc2)sc2ccccc12. The molecule has 0 aliphatic heterocycles. The third-order valence-corrected chi connectivity index (χ3v) is 10.9. The predicted octanol–water partition coefficient (Wildman–Crippen LogP) is 7.09. The molecule has 0 amide bonds. The van der Waals surface area contributed by atoms with Gasteiger partial charge in [0, 0.05) is 15.1 Å². The Hall–Kier alpha value is -1.42. The molecule has 0 aliphatic rings. The first-order chi connectivity index (χ1) is 11.3. The fraction of sp³-hybridized carbons (Fsp3) is 0.333. The summed E-state index contributed by atoms with van der Waals surface area (Å²) in [6.07, 6.45) is 0. The lowest BCUT2D eigenvalue weighted by Gasteiger charge is -2.36. The zero-order valence-corrected chi connectivity index (χ0v) is 17.0. The van der Waals surface area contributed by atoms with Gasteiger partial charge < -0.3 is 4.43 Å². The molecule has 1 aromatic heterocycles. The lowest BCUT2D eigenvalue weighted by molar-refractivity contribution is 0.278. The van der Waals surface area contributed by atoms with Gasteiger partial charge in [-0.15, -0.1) is 11.3 Å². The number of rotatable bonds is 4. The third-order valence-electron chi connectivity index (χ3n) is 5.12. The molecule has 0 fully saturated rings. The van der Waals surface area contributed by atoms with E-state index in [-0.39, 0.29) is 5.04 Å². The Bertz CT molecular complexity index is 828. The summed E-state index contributed by atoms with van der Waals surface area (Å²) in [5.41, 5.74) is 2.62. The molecule has 0 radical (unpaired) electrons. The highest BCUT2D eigenvalue weighted by Crippen LogP contribution is 2.41. The fourth-order valence-corrected chi connectivity index (χ4v) is 4.69. The molecule has 1 heterocycles. The topological polar surface area (TPSA) is 9.23 Å². The summed E-state index contributed by atoms with van der Waals surface area (Å²) in [4.78, 5) is 1.34. The van der Waals surface area contributed by atoms with Gasteiger partial charge in [-0.25, -0.2) is 0 Å². The van der Waals surface area contributed by atoms with Gasteiger partial charge in [0.25, 0.3) is 0 Å². The standard InChI is InChI=1S/C21H26OSSi/c1-21(2,3)24(4,5)22-15-18-17-13-9-10-14-19(17)23-20(18)16-11-7-6-8-12-16/h6-14H,15H2,1-5H3. The number of benzene rings is 2. The Morgan fingerprint density at radius 2 is 1.54 bits per heavy atom. The van der Waals surface area contributed by atoms with E-state index in [1.54, 1.807) is 0 Å². The monoisotopic (exact) mass is 354 g/mol. The van der Waals surface area contributed by atoms with Crippen molar-refractivity contribution in [2.45, 2.75) is 45.5 Å². The highest BCUT2D eigenvalue weighted by molar-refractivity contribution is 7.22. The maximum absolute atomic E-state index is 6.55. The van der Waals surface area contributed by atoms with Crippen molar-refractivity contribution >= 4 is 29.7 Å².